The maximum atomic E-state index is 10.3. The molecule has 1 aliphatic heterocycles. The molecule has 0 aromatic heterocycles. The first-order valence-corrected chi connectivity index (χ1v) is 6.31. The van der Waals surface area contributed by atoms with Crippen LogP contribution in [0, 0.1) is 0 Å². The monoisotopic (exact) mass is 229 g/mol. The SMILES string of the molecule is CC1CCC(CC(C)(O)CNC(C)(C)C)O1. The molecule has 3 atom stereocenters. The first-order chi connectivity index (χ1) is 7.18. The van der Waals surface area contributed by atoms with E-state index in [1.54, 1.807) is 0 Å². The Morgan fingerprint density at radius 1 is 1.25 bits per heavy atom. The van der Waals surface area contributed by atoms with Crippen molar-refractivity contribution in [2.45, 2.75) is 77.2 Å². The van der Waals surface area contributed by atoms with Crippen LogP contribution in [-0.4, -0.2) is 35.0 Å². The third-order valence-corrected chi connectivity index (χ3v) is 2.99. The van der Waals surface area contributed by atoms with Crippen LogP contribution in [0.1, 0.15) is 53.9 Å². The van der Waals surface area contributed by atoms with Gasteiger partial charge in [0.2, 0.25) is 0 Å². The molecule has 0 aliphatic carbocycles. The summed E-state index contributed by atoms with van der Waals surface area (Å²) >= 11 is 0. The molecule has 0 spiro atoms. The van der Waals surface area contributed by atoms with E-state index in [2.05, 4.69) is 33.0 Å². The number of rotatable bonds is 4. The van der Waals surface area contributed by atoms with Gasteiger partial charge in [-0.2, -0.15) is 0 Å². The Balaban J connectivity index is 2.33. The second-order valence-electron chi connectivity index (χ2n) is 6.45. The second-order valence-corrected chi connectivity index (χ2v) is 6.45. The summed E-state index contributed by atoms with van der Waals surface area (Å²) in [5.74, 6) is 0. The zero-order valence-electron chi connectivity index (χ0n) is 11.3. The summed E-state index contributed by atoms with van der Waals surface area (Å²) < 4.78 is 5.74. The highest BCUT2D eigenvalue weighted by Crippen LogP contribution is 2.26. The first-order valence-electron chi connectivity index (χ1n) is 6.31. The normalized spacial score (nSPS) is 30.4. The topological polar surface area (TPSA) is 41.5 Å². The van der Waals surface area contributed by atoms with Crippen molar-refractivity contribution in [3.05, 3.63) is 0 Å². The summed E-state index contributed by atoms with van der Waals surface area (Å²) in [4.78, 5) is 0. The van der Waals surface area contributed by atoms with E-state index in [0.717, 1.165) is 19.3 Å². The maximum absolute atomic E-state index is 10.3. The summed E-state index contributed by atoms with van der Waals surface area (Å²) in [7, 11) is 0. The molecule has 16 heavy (non-hydrogen) atoms. The van der Waals surface area contributed by atoms with Crippen molar-refractivity contribution in [1.29, 1.82) is 0 Å². The molecule has 3 nitrogen and oxygen atoms in total. The lowest BCUT2D eigenvalue weighted by Crippen LogP contribution is -2.47. The van der Waals surface area contributed by atoms with E-state index in [1.807, 2.05) is 6.92 Å². The third kappa shape index (κ3) is 5.28. The van der Waals surface area contributed by atoms with Crippen molar-refractivity contribution in [2.24, 2.45) is 0 Å². The molecule has 2 N–H and O–H groups in total. The number of β-amino-alcohol motifs (C(OH)–C–C–N with tert-alkyl or cyclic N) is 1. The molecule has 3 unspecified atom stereocenters. The smallest absolute Gasteiger partial charge is 0.0768 e. The lowest BCUT2D eigenvalue weighted by molar-refractivity contribution is -0.0254. The summed E-state index contributed by atoms with van der Waals surface area (Å²) in [5, 5.41) is 13.6. The molecular formula is C13H27NO2. The van der Waals surface area contributed by atoms with Gasteiger partial charge in [-0.15, -0.1) is 0 Å². The number of nitrogens with one attached hydrogen (secondary N) is 1. The highest BCUT2D eigenvalue weighted by Gasteiger charge is 2.31. The van der Waals surface area contributed by atoms with Crippen LogP contribution in [0.2, 0.25) is 0 Å². The number of ether oxygens (including phenoxy) is 1. The molecule has 1 aliphatic rings. The average molecular weight is 229 g/mol. The predicted octanol–water partition coefficient (Wildman–Crippen LogP) is 2.08. The van der Waals surface area contributed by atoms with Gasteiger partial charge in [-0.1, -0.05) is 0 Å². The lowest BCUT2D eigenvalue weighted by Gasteiger charge is -2.31. The highest BCUT2D eigenvalue weighted by atomic mass is 16.5. The van der Waals surface area contributed by atoms with Crippen LogP contribution in [0.4, 0.5) is 0 Å². The molecule has 1 rings (SSSR count). The van der Waals surface area contributed by atoms with Gasteiger partial charge in [-0.05, 0) is 47.5 Å². The first kappa shape index (κ1) is 13.9. The minimum atomic E-state index is -0.679. The van der Waals surface area contributed by atoms with Gasteiger partial charge in [0.15, 0.2) is 0 Å². The van der Waals surface area contributed by atoms with Crippen molar-refractivity contribution < 1.29 is 9.84 Å². The molecule has 96 valence electrons. The van der Waals surface area contributed by atoms with Gasteiger partial charge in [0, 0.05) is 18.5 Å². The van der Waals surface area contributed by atoms with Crippen molar-refractivity contribution in [3.63, 3.8) is 0 Å². The Kier molecular flexibility index (Phi) is 4.38. The molecule has 1 saturated heterocycles. The van der Waals surface area contributed by atoms with Gasteiger partial charge in [-0.3, -0.25) is 0 Å². The van der Waals surface area contributed by atoms with E-state index < -0.39 is 5.60 Å². The fraction of sp³-hybridized carbons (Fsp3) is 1.00. The van der Waals surface area contributed by atoms with E-state index >= 15 is 0 Å². The molecule has 0 aromatic carbocycles. The van der Waals surface area contributed by atoms with Crippen LogP contribution in [0.15, 0.2) is 0 Å². The summed E-state index contributed by atoms with van der Waals surface area (Å²) in [6.45, 7) is 10.9. The van der Waals surface area contributed by atoms with Crippen LogP contribution in [0.3, 0.4) is 0 Å². The maximum Gasteiger partial charge on any atom is 0.0768 e. The largest absolute Gasteiger partial charge is 0.389 e. The van der Waals surface area contributed by atoms with Crippen LogP contribution in [0.5, 0.6) is 0 Å². The second kappa shape index (κ2) is 5.03. The Morgan fingerprint density at radius 2 is 1.88 bits per heavy atom. The highest BCUT2D eigenvalue weighted by molar-refractivity contribution is 4.85. The molecule has 0 aromatic rings. The quantitative estimate of drug-likeness (QED) is 0.775. The van der Waals surface area contributed by atoms with Crippen molar-refractivity contribution in [1.82, 2.24) is 5.32 Å². The Morgan fingerprint density at radius 3 is 2.31 bits per heavy atom. The van der Waals surface area contributed by atoms with Gasteiger partial charge in [0.05, 0.1) is 17.8 Å². The fourth-order valence-corrected chi connectivity index (χ4v) is 2.05. The molecule has 3 heteroatoms. The Hall–Kier alpha value is -0.120. The van der Waals surface area contributed by atoms with Crippen molar-refractivity contribution >= 4 is 0 Å². The molecule has 0 saturated carbocycles. The summed E-state index contributed by atoms with van der Waals surface area (Å²) in [6.07, 6.45) is 3.50. The van der Waals surface area contributed by atoms with E-state index in [0.29, 0.717) is 12.6 Å². The number of hydrogen-bond acceptors (Lipinski definition) is 3. The molecule has 1 heterocycles. The molecule has 0 bridgehead atoms. The molecule has 0 radical (unpaired) electrons. The van der Waals surface area contributed by atoms with Gasteiger partial charge in [-0.25, -0.2) is 0 Å². The molecule has 0 amide bonds. The van der Waals surface area contributed by atoms with Crippen LogP contribution in [-0.2, 0) is 4.74 Å². The van der Waals surface area contributed by atoms with Crippen LogP contribution in [0.25, 0.3) is 0 Å². The van der Waals surface area contributed by atoms with Gasteiger partial charge in [0.1, 0.15) is 0 Å². The minimum absolute atomic E-state index is 0.0494. The third-order valence-electron chi connectivity index (χ3n) is 2.99. The minimum Gasteiger partial charge on any atom is -0.389 e. The fourth-order valence-electron chi connectivity index (χ4n) is 2.05. The Labute approximate surface area is 99.6 Å². The zero-order valence-corrected chi connectivity index (χ0v) is 11.3. The summed E-state index contributed by atoms with van der Waals surface area (Å²) in [5.41, 5.74) is -0.629. The molecular weight excluding hydrogens is 202 g/mol. The lowest BCUT2D eigenvalue weighted by atomic mass is 9.95. The van der Waals surface area contributed by atoms with E-state index in [-0.39, 0.29) is 11.6 Å². The van der Waals surface area contributed by atoms with E-state index in [9.17, 15) is 5.11 Å². The van der Waals surface area contributed by atoms with Gasteiger partial charge in [0.25, 0.3) is 0 Å². The standard InChI is InChI=1S/C13H27NO2/c1-10-6-7-11(16-10)8-13(5,15)9-14-12(2,3)4/h10-11,14-15H,6-9H2,1-5H3. The van der Waals surface area contributed by atoms with E-state index in [1.165, 1.54) is 0 Å². The van der Waals surface area contributed by atoms with Crippen molar-refractivity contribution in [2.75, 3.05) is 6.54 Å². The average Bonchev–Trinajstić information content (AvgIpc) is 2.46. The molecule has 1 fully saturated rings. The van der Waals surface area contributed by atoms with E-state index in [4.69, 9.17) is 4.74 Å². The summed E-state index contributed by atoms with van der Waals surface area (Å²) in [6, 6.07) is 0. The van der Waals surface area contributed by atoms with Crippen LogP contribution < -0.4 is 5.32 Å². The van der Waals surface area contributed by atoms with Gasteiger partial charge < -0.3 is 15.2 Å². The Bertz CT molecular complexity index is 220. The zero-order chi connectivity index (χ0) is 12.4. The predicted molar refractivity (Wildman–Crippen MR) is 66.6 cm³/mol. The van der Waals surface area contributed by atoms with Gasteiger partial charge >= 0.3 is 0 Å². The van der Waals surface area contributed by atoms with Crippen molar-refractivity contribution in [3.8, 4) is 0 Å². The number of hydrogen-bond donors (Lipinski definition) is 2. The van der Waals surface area contributed by atoms with Crippen LogP contribution >= 0.6 is 0 Å². The number of aliphatic hydroxyl groups is 1.